The Balaban J connectivity index is 1.59. The van der Waals surface area contributed by atoms with Gasteiger partial charge >= 0.3 is 5.97 Å². The van der Waals surface area contributed by atoms with Crippen LogP contribution in [0.15, 0.2) is 34.9 Å². The molecule has 1 fully saturated rings. The Morgan fingerprint density at radius 1 is 1.26 bits per heavy atom. The Labute approximate surface area is 163 Å². The molecule has 1 aliphatic carbocycles. The van der Waals surface area contributed by atoms with Crippen LogP contribution in [-0.4, -0.2) is 23.6 Å². The molecule has 0 spiro atoms. The van der Waals surface area contributed by atoms with Crippen molar-refractivity contribution in [3.63, 3.8) is 0 Å². The van der Waals surface area contributed by atoms with Gasteiger partial charge in [-0.25, -0.2) is 0 Å². The average molecular weight is 391 g/mol. The molecular formula is C20H23ClN2O4. The number of nitrogens with one attached hydrogen (secondary N) is 1. The van der Waals surface area contributed by atoms with Crippen LogP contribution in [0.1, 0.15) is 51.3 Å². The standard InChI is InChI=1S/C20H23ClN2O4/c1-19(2,3)15-11-17(27-23-15)22-16(24)12-26-18(25)20(9-4-10-20)13-5-7-14(21)8-6-13/h5-8,11H,4,9-10,12H2,1-3H3,(H,22,24). The fourth-order valence-corrected chi connectivity index (χ4v) is 3.17. The zero-order valence-electron chi connectivity index (χ0n) is 15.7. The van der Waals surface area contributed by atoms with Crippen molar-refractivity contribution in [1.29, 1.82) is 0 Å². The number of hydrogen-bond acceptors (Lipinski definition) is 5. The van der Waals surface area contributed by atoms with Gasteiger partial charge in [0.05, 0.1) is 11.1 Å². The Morgan fingerprint density at radius 2 is 1.93 bits per heavy atom. The van der Waals surface area contributed by atoms with E-state index in [9.17, 15) is 9.59 Å². The summed E-state index contributed by atoms with van der Waals surface area (Å²) >= 11 is 5.93. The van der Waals surface area contributed by atoms with Crippen LogP contribution < -0.4 is 5.32 Å². The van der Waals surface area contributed by atoms with Gasteiger partial charge in [0.2, 0.25) is 5.88 Å². The van der Waals surface area contributed by atoms with Gasteiger partial charge in [0.15, 0.2) is 6.61 Å². The number of esters is 1. The molecule has 2 aromatic rings. The van der Waals surface area contributed by atoms with E-state index in [2.05, 4.69) is 10.5 Å². The first-order valence-electron chi connectivity index (χ1n) is 8.91. The molecule has 0 bridgehead atoms. The van der Waals surface area contributed by atoms with Crippen molar-refractivity contribution in [2.75, 3.05) is 11.9 Å². The molecule has 0 aliphatic heterocycles. The molecule has 0 radical (unpaired) electrons. The van der Waals surface area contributed by atoms with Crippen molar-refractivity contribution >= 4 is 29.4 Å². The van der Waals surface area contributed by atoms with E-state index in [0.29, 0.717) is 17.9 Å². The first-order valence-corrected chi connectivity index (χ1v) is 9.29. The Morgan fingerprint density at radius 3 is 2.44 bits per heavy atom. The monoisotopic (exact) mass is 390 g/mol. The predicted octanol–water partition coefficient (Wildman–Crippen LogP) is 4.23. The van der Waals surface area contributed by atoms with Crippen LogP contribution in [0.3, 0.4) is 0 Å². The number of rotatable bonds is 5. The Bertz CT molecular complexity index is 832. The van der Waals surface area contributed by atoms with Crippen LogP contribution in [0.25, 0.3) is 0 Å². The summed E-state index contributed by atoms with van der Waals surface area (Å²) in [6.07, 6.45) is 2.34. The third-order valence-corrected chi connectivity index (χ3v) is 5.12. The highest BCUT2D eigenvalue weighted by Crippen LogP contribution is 2.45. The van der Waals surface area contributed by atoms with Gasteiger partial charge in [-0.3, -0.25) is 14.9 Å². The zero-order valence-corrected chi connectivity index (χ0v) is 16.4. The van der Waals surface area contributed by atoms with E-state index in [4.69, 9.17) is 20.9 Å². The number of anilines is 1. The van der Waals surface area contributed by atoms with Crippen LogP contribution in [-0.2, 0) is 25.2 Å². The van der Waals surface area contributed by atoms with E-state index in [1.165, 1.54) is 0 Å². The second kappa shape index (κ2) is 7.35. The Kier molecular flexibility index (Phi) is 5.29. The van der Waals surface area contributed by atoms with E-state index in [-0.39, 0.29) is 23.9 Å². The van der Waals surface area contributed by atoms with Gasteiger partial charge in [0.1, 0.15) is 0 Å². The van der Waals surface area contributed by atoms with E-state index in [0.717, 1.165) is 17.7 Å². The minimum absolute atomic E-state index is 0.186. The molecule has 144 valence electrons. The van der Waals surface area contributed by atoms with Gasteiger partial charge in [0.25, 0.3) is 5.91 Å². The molecule has 1 N–H and O–H groups in total. The number of halogens is 1. The zero-order chi connectivity index (χ0) is 19.7. The molecule has 1 heterocycles. The normalized spacial score (nSPS) is 15.7. The molecule has 1 aromatic carbocycles. The second-order valence-electron chi connectivity index (χ2n) is 7.89. The van der Waals surface area contributed by atoms with Gasteiger partial charge in [-0.15, -0.1) is 0 Å². The molecule has 1 amide bonds. The molecule has 0 atom stereocenters. The smallest absolute Gasteiger partial charge is 0.317 e. The molecule has 7 heteroatoms. The van der Waals surface area contributed by atoms with Crippen LogP contribution >= 0.6 is 11.6 Å². The molecule has 1 aromatic heterocycles. The number of nitrogens with zero attached hydrogens (tertiary/aromatic N) is 1. The molecule has 3 rings (SSSR count). The maximum Gasteiger partial charge on any atom is 0.317 e. The third-order valence-electron chi connectivity index (χ3n) is 4.87. The highest BCUT2D eigenvalue weighted by molar-refractivity contribution is 6.30. The molecule has 0 unspecified atom stereocenters. The number of ether oxygens (including phenoxy) is 1. The molecule has 27 heavy (non-hydrogen) atoms. The lowest BCUT2D eigenvalue weighted by molar-refractivity contribution is -0.156. The van der Waals surface area contributed by atoms with Crippen molar-refractivity contribution in [3.05, 3.63) is 46.6 Å². The lowest BCUT2D eigenvalue weighted by Crippen LogP contribution is -2.44. The van der Waals surface area contributed by atoms with Crippen molar-refractivity contribution in [3.8, 4) is 0 Å². The largest absolute Gasteiger partial charge is 0.455 e. The molecule has 1 aliphatic rings. The van der Waals surface area contributed by atoms with Gasteiger partial charge in [-0.05, 0) is 30.5 Å². The summed E-state index contributed by atoms with van der Waals surface area (Å²) in [5.41, 5.74) is 0.726. The molecule has 1 saturated carbocycles. The first-order chi connectivity index (χ1) is 12.7. The van der Waals surface area contributed by atoms with E-state index in [1.54, 1.807) is 18.2 Å². The lowest BCUT2D eigenvalue weighted by atomic mass is 9.64. The fourth-order valence-electron chi connectivity index (χ4n) is 3.04. The summed E-state index contributed by atoms with van der Waals surface area (Å²) in [5.74, 6) is -0.623. The maximum atomic E-state index is 12.7. The van der Waals surface area contributed by atoms with Gasteiger partial charge < -0.3 is 9.26 Å². The number of amides is 1. The molecular weight excluding hydrogens is 368 g/mol. The van der Waals surface area contributed by atoms with Crippen LogP contribution in [0.5, 0.6) is 0 Å². The SMILES string of the molecule is CC(C)(C)c1cc(NC(=O)COC(=O)C2(c3ccc(Cl)cc3)CCC2)on1. The summed E-state index contributed by atoms with van der Waals surface area (Å²) in [6, 6.07) is 8.86. The Hall–Kier alpha value is -2.34. The van der Waals surface area contributed by atoms with E-state index >= 15 is 0 Å². The summed E-state index contributed by atoms with van der Waals surface area (Å²) < 4.78 is 10.4. The number of aromatic nitrogens is 1. The van der Waals surface area contributed by atoms with Crippen molar-refractivity contribution in [2.24, 2.45) is 0 Å². The number of carbonyl (C=O) groups is 2. The number of carbonyl (C=O) groups excluding carboxylic acids is 2. The highest BCUT2D eigenvalue weighted by Gasteiger charge is 2.47. The third kappa shape index (κ3) is 4.16. The quantitative estimate of drug-likeness (QED) is 0.772. The maximum absolute atomic E-state index is 12.7. The number of benzene rings is 1. The number of hydrogen-bond donors (Lipinski definition) is 1. The average Bonchev–Trinajstić information content (AvgIpc) is 3.02. The summed E-state index contributed by atoms with van der Waals surface area (Å²) in [7, 11) is 0. The van der Waals surface area contributed by atoms with Gasteiger partial charge in [-0.1, -0.05) is 56.1 Å². The summed E-state index contributed by atoms with van der Waals surface area (Å²) in [4.78, 5) is 24.8. The minimum Gasteiger partial charge on any atom is -0.455 e. The topological polar surface area (TPSA) is 81.4 Å². The van der Waals surface area contributed by atoms with Gasteiger partial charge in [-0.2, -0.15) is 0 Å². The van der Waals surface area contributed by atoms with Gasteiger partial charge in [0, 0.05) is 16.5 Å². The van der Waals surface area contributed by atoms with E-state index < -0.39 is 11.3 Å². The summed E-state index contributed by atoms with van der Waals surface area (Å²) in [5, 5.41) is 7.11. The van der Waals surface area contributed by atoms with Crippen molar-refractivity contribution in [1.82, 2.24) is 5.16 Å². The van der Waals surface area contributed by atoms with Crippen LogP contribution in [0, 0.1) is 0 Å². The van der Waals surface area contributed by atoms with Crippen LogP contribution in [0.4, 0.5) is 5.88 Å². The van der Waals surface area contributed by atoms with Crippen molar-refractivity contribution in [2.45, 2.75) is 50.9 Å². The van der Waals surface area contributed by atoms with Crippen molar-refractivity contribution < 1.29 is 18.8 Å². The lowest BCUT2D eigenvalue weighted by Gasteiger charge is -2.39. The molecule has 6 nitrogen and oxygen atoms in total. The fraction of sp³-hybridized carbons (Fsp3) is 0.450. The van der Waals surface area contributed by atoms with Crippen LogP contribution in [0.2, 0.25) is 5.02 Å². The highest BCUT2D eigenvalue weighted by atomic mass is 35.5. The van der Waals surface area contributed by atoms with E-state index in [1.807, 2.05) is 32.9 Å². The second-order valence-corrected chi connectivity index (χ2v) is 8.33. The first kappa shape index (κ1) is 19.4. The summed E-state index contributed by atoms with van der Waals surface area (Å²) in [6.45, 7) is 5.60. The predicted molar refractivity (Wildman–Crippen MR) is 102 cm³/mol. The minimum atomic E-state index is -0.684. The molecule has 0 saturated heterocycles.